The van der Waals surface area contributed by atoms with Crippen molar-refractivity contribution < 1.29 is 49.6 Å². The number of hydrogen-bond acceptors (Lipinski definition) is 12. The lowest BCUT2D eigenvalue weighted by Gasteiger charge is -2.30. The number of aliphatic hydroxyl groups excluding tert-OH is 6. The number of halogens is 1. The highest BCUT2D eigenvalue weighted by molar-refractivity contribution is 7.99. The van der Waals surface area contributed by atoms with Gasteiger partial charge in [-0.2, -0.15) is 0 Å². The number of carbonyl (C=O) groups is 1. The van der Waals surface area contributed by atoms with Crippen LogP contribution in [0, 0.1) is 0 Å². The van der Waals surface area contributed by atoms with Crippen LogP contribution in [-0.4, -0.2) is 122 Å². The molecule has 2 aromatic carbocycles. The molecule has 2 aliphatic carbocycles. The fraction of sp³-hybridized carbons (Fsp3) is 0.538. The number of hydrogen-bond donors (Lipinski definition) is 6. The highest BCUT2D eigenvalue weighted by Gasteiger charge is 2.48. The fourth-order valence-corrected chi connectivity index (χ4v) is 7.17. The number of rotatable bonds is 24. The van der Waals surface area contributed by atoms with Crippen molar-refractivity contribution in [2.75, 3.05) is 45.3 Å². The second kappa shape index (κ2) is 20.2. The monoisotopic (exact) mass is 774 g/mol. The summed E-state index contributed by atoms with van der Waals surface area (Å²) in [7, 11) is 0. The second-order valence-corrected chi connectivity index (χ2v) is 15.1. The molecule has 2 saturated carbocycles. The molecule has 5 rings (SSSR count). The van der Waals surface area contributed by atoms with Crippen LogP contribution in [-0.2, 0) is 26.5 Å². The zero-order chi connectivity index (χ0) is 37.8. The molecule has 1 amide bonds. The minimum atomic E-state index is -2.01. The topological polar surface area (TPSA) is 182 Å². The normalized spacial score (nSPS) is 17.2. The minimum absolute atomic E-state index is 0.0852. The third-order valence-electron chi connectivity index (χ3n) is 9.43. The predicted molar refractivity (Wildman–Crippen MR) is 201 cm³/mol. The van der Waals surface area contributed by atoms with Crippen molar-refractivity contribution in [1.29, 1.82) is 0 Å². The number of pyridine rings is 1. The lowest BCUT2D eigenvalue weighted by molar-refractivity contribution is -0.159. The lowest BCUT2D eigenvalue weighted by atomic mass is 9.96. The summed E-state index contributed by atoms with van der Waals surface area (Å²) in [6, 6.07) is 16.1. The molecule has 3 aromatic rings. The summed E-state index contributed by atoms with van der Waals surface area (Å²) in [5.74, 6) is 0.861. The van der Waals surface area contributed by atoms with Gasteiger partial charge in [-0.15, -0.1) is 11.8 Å². The zero-order valence-corrected chi connectivity index (χ0v) is 31.3. The van der Waals surface area contributed by atoms with E-state index in [2.05, 4.69) is 17.1 Å². The molecule has 1 aromatic heterocycles. The summed E-state index contributed by atoms with van der Waals surface area (Å²) in [5.41, 5.74) is 3.62. The number of para-hydroxylation sites is 1. The number of carbonyl (C=O) groups excluding carboxylic acids is 1. The third kappa shape index (κ3) is 11.6. The van der Waals surface area contributed by atoms with E-state index in [1.807, 2.05) is 48.8 Å². The Bertz CT molecular complexity index is 1610. The number of amides is 1. The van der Waals surface area contributed by atoms with Crippen molar-refractivity contribution in [3.63, 3.8) is 0 Å². The van der Waals surface area contributed by atoms with Gasteiger partial charge in [0, 0.05) is 46.5 Å². The molecular formula is C39H51ClN2O10S. The Labute approximate surface area is 319 Å². The van der Waals surface area contributed by atoms with Crippen LogP contribution >= 0.6 is 23.4 Å². The van der Waals surface area contributed by atoms with Gasteiger partial charge in [0.1, 0.15) is 24.1 Å². The first kappa shape index (κ1) is 41.3. The van der Waals surface area contributed by atoms with Crippen molar-refractivity contribution in [3.8, 4) is 16.9 Å². The first-order chi connectivity index (χ1) is 25.7. The molecule has 0 saturated heterocycles. The van der Waals surface area contributed by atoms with Gasteiger partial charge in [0.05, 0.1) is 44.7 Å². The first-order valence-electron chi connectivity index (χ1n) is 18.2. The summed E-state index contributed by atoms with van der Waals surface area (Å²) in [6.45, 7) is -0.136. The van der Waals surface area contributed by atoms with Crippen molar-refractivity contribution in [3.05, 3.63) is 77.1 Å². The number of unbranched alkanes of at least 4 members (excludes halogenated alkanes) is 2. The molecule has 2 fully saturated rings. The molecule has 14 heteroatoms. The van der Waals surface area contributed by atoms with Gasteiger partial charge in [-0.05, 0) is 85.7 Å². The maximum absolute atomic E-state index is 13.0. The maximum Gasteiger partial charge on any atom is 0.254 e. The van der Waals surface area contributed by atoms with Crippen LogP contribution in [0.5, 0.6) is 5.75 Å². The molecule has 4 atom stereocenters. The molecule has 2 aliphatic rings. The smallest absolute Gasteiger partial charge is 0.254 e. The number of ether oxygens (including phenoxy) is 3. The Kier molecular flexibility index (Phi) is 15.8. The van der Waals surface area contributed by atoms with E-state index >= 15 is 0 Å². The Morgan fingerprint density at radius 1 is 0.962 bits per heavy atom. The van der Waals surface area contributed by atoms with Gasteiger partial charge in [0.25, 0.3) is 5.91 Å². The summed E-state index contributed by atoms with van der Waals surface area (Å²) in [4.78, 5) is 19.8. The molecule has 0 radical (unpaired) electrons. The van der Waals surface area contributed by atoms with Crippen molar-refractivity contribution in [2.24, 2.45) is 0 Å². The number of aliphatic hydroxyl groups is 6. The molecule has 290 valence electrons. The first-order valence-corrected chi connectivity index (χ1v) is 19.6. The molecule has 4 unspecified atom stereocenters. The molecule has 0 bridgehead atoms. The largest absolute Gasteiger partial charge is 0.490 e. The van der Waals surface area contributed by atoms with Crippen LogP contribution in [0.15, 0.2) is 65.8 Å². The molecule has 0 spiro atoms. The lowest BCUT2D eigenvalue weighted by Crippen LogP contribution is -2.53. The van der Waals surface area contributed by atoms with E-state index in [9.17, 15) is 25.2 Å². The van der Waals surface area contributed by atoms with E-state index < -0.39 is 42.5 Å². The van der Waals surface area contributed by atoms with Gasteiger partial charge in [-0.25, -0.2) is 0 Å². The van der Waals surface area contributed by atoms with Crippen molar-refractivity contribution in [2.45, 2.75) is 92.6 Å². The number of aromatic nitrogens is 1. The highest BCUT2D eigenvalue weighted by atomic mass is 35.5. The summed E-state index contributed by atoms with van der Waals surface area (Å²) in [6.07, 6.45) is 2.53. The molecule has 0 aliphatic heterocycles. The van der Waals surface area contributed by atoms with Crippen LogP contribution in [0.2, 0.25) is 5.02 Å². The maximum atomic E-state index is 13.0. The quantitative estimate of drug-likeness (QED) is 0.0575. The number of thioether (sulfide) groups is 1. The van der Waals surface area contributed by atoms with E-state index in [1.54, 1.807) is 11.8 Å². The van der Waals surface area contributed by atoms with Crippen molar-refractivity contribution >= 4 is 29.3 Å². The molecular weight excluding hydrogens is 724 g/mol. The third-order valence-corrected chi connectivity index (χ3v) is 10.9. The molecule has 6 N–H and O–H groups in total. The Hall–Kier alpha value is -2.82. The standard InChI is InChI=1S/C39H51ClN2O10S/c40-32-11-10-28(53-21-5-1-4-16-42(17-19-50-20-18-43)38(49)37(48)36(47)35(46)33(45)24-44)22-26(32)25-51-39(13-14-39)31-23-41-15-12-29(31)30-6-2-3-7-34(30)52-27-8-9-27/h2-3,6-7,10-12,15,22-23,27,33,35-37,43-48H,1,4-5,8-9,13-14,16-21,24-25H2. The minimum Gasteiger partial charge on any atom is -0.490 e. The zero-order valence-electron chi connectivity index (χ0n) is 29.8. The van der Waals surface area contributed by atoms with Gasteiger partial charge in [0.15, 0.2) is 6.10 Å². The van der Waals surface area contributed by atoms with E-state index in [0.29, 0.717) is 18.1 Å². The van der Waals surface area contributed by atoms with Crippen LogP contribution in [0.1, 0.15) is 56.1 Å². The summed E-state index contributed by atoms with van der Waals surface area (Å²) >= 11 is 8.34. The van der Waals surface area contributed by atoms with E-state index in [4.69, 9.17) is 36.0 Å². The van der Waals surface area contributed by atoms with Crippen LogP contribution in [0.3, 0.4) is 0 Å². The van der Waals surface area contributed by atoms with E-state index in [1.165, 1.54) is 4.90 Å². The molecule has 12 nitrogen and oxygen atoms in total. The average molecular weight is 775 g/mol. The Morgan fingerprint density at radius 2 is 1.75 bits per heavy atom. The average Bonchev–Trinajstić information content (AvgIpc) is 4.13. The predicted octanol–water partition coefficient (Wildman–Crippen LogP) is 3.68. The van der Waals surface area contributed by atoms with Gasteiger partial charge in [-0.3, -0.25) is 9.78 Å². The second-order valence-electron chi connectivity index (χ2n) is 13.5. The van der Waals surface area contributed by atoms with Crippen LogP contribution in [0.25, 0.3) is 11.1 Å². The van der Waals surface area contributed by atoms with E-state index in [-0.39, 0.29) is 39.0 Å². The van der Waals surface area contributed by atoms with Crippen molar-refractivity contribution in [1.82, 2.24) is 9.88 Å². The number of benzene rings is 2. The Balaban J connectivity index is 1.12. The summed E-state index contributed by atoms with van der Waals surface area (Å²) in [5, 5.41) is 58.9. The number of nitrogens with zero attached hydrogens (tertiary/aromatic N) is 2. The Morgan fingerprint density at radius 3 is 2.49 bits per heavy atom. The summed E-state index contributed by atoms with van der Waals surface area (Å²) < 4.78 is 18.2. The van der Waals surface area contributed by atoms with Gasteiger partial charge in [0.2, 0.25) is 0 Å². The SMILES string of the molecule is O=C(C(O)C(O)C(O)C(O)CO)N(CCCCCSc1ccc(Cl)c(COC2(c3cnccc3-c3ccccc3OC3CC3)CC2)c1)CCOCCO. The van der Waals surface area contributed by atoms with E-state index in [0.717, 1.165) is 77.2 Å². The van der Waals surface area contributed by atoms with Crippen LogP contribution in [0.4, 0.5) is 0 Å². The fourth-order valence-electron chi connectivity index (χ4n) is 6.02. The van der Waals surface area contributed by atoms with Gasteiger partial charge in [-0.1, -0.05) is 36.2 Å². The van der Waals surface area contributed by atoms with Gasteiger partial charge >= 0.3 is 0 Å². The van der Waals surface area contributed by atoms with Crippen LogP contribution < -0.4 is 4.74 Å². The molecule has 53 heavy (non-hydrogen) atoms. The van der Waals surface area contributed by atoms with Gasteiger partial charge < -0.3 is 49.7 Å². The highest BCUT2D eigenvalue weighted by Crippen LogP contribution is 2.53. The molecule has 1 heterocycles.